The minimum Gasteiger partial charge on any atom is -0.494 e. The van der Waals surface area contributed by atoms with Crippen molar-refractivity contribution in [2.24, 2.45) is 0 Å². The SMILES string of the molecule is CCCCOc1ccc(C(=O)NC(CC)CBr)cc1. The van der Waals surface area contributed by atoms with Crippen LogP contribution in [-0.2, 0) is 0 Å². The number of amides is 1. The fourth-order valence-electron chi connectivity index (χ4n) is 1.56. The highest BCUT2D eigenvalue weighted by atomic mass is 79.9. The second kappa shape index (κ2) is 8.97. The normalized spacial score (nSPS) is 11.9. The summed E-state index contributed by atoms with van der Waals surface area (Å²) in [6.45, 7) is 4.91. The molecule has 0 radical (unpaired) electrons. The van der Waals surface area contributed by atoms with E-state index in [0.29, 0.717) is 5.56 Å². The molecule has 1 aromatic carbocycles. The van der Waals surface area contributed by atoms with Crippen LogP contribution < -0.4 is 10.1 Å². The highest BCUT2D eigenvalue weighted by molar-refractivity contribution is 9.09. The van der Waals surface area contributed by atoms with Gasteiger partial charge < -0.3 is 10.1 Å². The van der Waals surface area contributed by atoms with E-state index in [0.717, 1.165) is 36.9 Å². The Morgan fingerprint density at radius 1 is 1.32 bits per heavy atom. The lowest BCUT2D eigenvalue weighted by Gasteiger charge is -2.14. The molecule has 19 heavy (non-hydrogen) atoms. The molecular formula is C15H22BrNO2. The van der Waals surface area contributed by atoms with E-state index in [2.05, 4.69) is 35.1 Å². The lowest BCUT2D eigenvalue weighted by atomic mass is 10.2. The molecule has 0 aliphatic heterocycles. The van der Waals surface area contributed by atoms with Crippen molar-refractivity contribution in [3.63, 3.8) is 0 Å². The molecule has 4 heteroatoms. The first-order valence-electron chi connectivity index (χ1n) is 6.80. The molecule has 0 bridgehead atoms. The summed E-state index contributed by atoms with van der Waals surface area (Å²) in [7, 11) is 0. The first-order valence-corrected chi connectivity index (χ1v) is 7.93. The van der Waals surface area contributed by atoms with Crippen molar-refractivity contribution in [3.8, 4) is 5.75 Å². The Balaban J connectivity index is 2.52. The number of rotatable bonds is 8. The molecule has 1 aromatic rings. The Labute approximate surface area is 123 Å². The van der Waals surface area contributed by atoms with Gasteiger partial charge in [0.1, 0.15) is 5.75 Å². The maximum absolute atomic E-state index is 12.0. The van der Waals surface area contributed by atoms with Crippen molar-refractivity contribution in [2.45, 2.75) is 39.2 Å². The number of benzene rings is 1. The molecular weight excluding hydrogens is 306 g/mol. The maximum Gasteiger partial charge on any atom is 0.251 e. The van der Waals surface area contributed by atoms with Crippen LogP contribution in [0.15, 0.2) is 24.3 Å². The van der Waals surface area contributed by atoms with Crippen molar-refractivity contribution in [3.05, 3.63) is 29.8 Å². The van der Waals surface area contributed by atoms with E-state index in [1.165, 1.54) is 0 Å². The predicted octanol–water partition coefficient (Wildman–Crippen LogP) is 3.77. The van der Waals surface area contributed by atoms with Gasteiger partial charge in [-0.25, -0.2) is 0 Å². The molecule has 0 aromatic heterocycles. The van der Waals surface area contributed by atoms with Crippen LogP contribution >= 0.6 is 15.9 Å². The molecule has 1 atom stereocenters. The Bertz CT molecular complexity index is 374. The number of carbonyl (C=O) groups excluding carboxylic acids is 1. The fourth-order valence-corrected chi connectivity index (χ4v) is 2.18. The summed E-state index contributed by atoms with van der Waals surface area (Å²) in [4.78, 5) is 12.0. The predicted molar refractivity (Wildman–Crippen MR) is 82.2 cm³/mol. The zero-order valence-electron chi connectivity index (χ0n) is 11.6. The Morgan fingerprint density at radius 3 is 2.53 bits per heavy atom. The number of nitrogens with one attached hydrogen (secondary N) is 1. The van der Waals surface area contributed by atoms with Crippen LogP contribution in [0, 0.1) is 0 Å². The van der Waals surface area contributed by atoms with Crippen molar-refractivity contribution in [1.29, 1.82) is 0 Å². The van der Waals surface area contributed by atoms with E-state index in [4.69, 9.17) is 4.74 Å². The molecule has 0 fully saturated rings. The minimum atomic E-state index is -0.0357. The average molecular weight is 328 g/mol. The summed E-state index contributed by atoms with van der Waals surface area (Å²) in [5, 5.41) is 3.75. The van der Waals surface area contributed by atoms with Gasteiger partial charge in [0.15, 0.2) is 0 Å². The molecule has 0 aliphatic rings. The first-order chi connectivity index (χ1) is 9.21. The number of hydrogen-bond donors (Lipinski definition) is 1. The van der Waals surface area contributed by atoms with Gasteiger partial charge in [-0.15, -0.1) is 0 Å². The molecule has 106 valence electrons. The quantitative estimate of drug-likeness (QED) is 0.583. The van der Waals surface area contributed by atoms with Gasteiger partial charge in [0.2, 0.25) is 0 Å². The van der Waals surface area contributed by atoms with E-state index >= 15 is 0 Å². The van der Waals surface area contributed by atoms with Gasteiger partial charge >= 0.3 is 0 Å². The van der Waals surface area contributed by atoms with E-state index in [-0.39, 0.29) is 11.9 Å². The van der Waals surface area contributed by atoms with E-state index in [1.807, 2.05) is 12.1 Å². The van der Waals surface area contributed by atoms with Crippen molar-refractivity contribution in [1.82, 2.24) is 5.32 Å². The topological polar surface area (TPSA) is 38.3 Å². The van der Waals surface area contributed by atoms with Gasteiger partial charge in [-0.3, -0.25) is 4.79 Å². The van der Waals surface area contributed by atoms with Gasteiger partial charge in [0.05, 0.1) is 6.61 Å². The molecule has 0 saturated carbocycles. The Morgan fingerprint density at radius 2 is 2.00 bits per heavy atom. The van der Waals surface area contributed by atoms with Crippen LogP contribution in [0.5, 0.6) is 5.75 Å². The van der Waals surface area contributed by atoms with Crippen molar-refractivity contribution in [2.75, 3.05) is 11.9 Å². The largest absolute Gasteiger partial charge is 0.494 e. The summed E-state index contributed by atoms with van der Waals surface area (Å²) in [6, 6.07) is 7.47. The second-order valence-corrected chi connectivity index (χ2v) is 5.11. The van der Waals surface area contributed by atoms with E-state index < -0.39 is 0 Å². The van der Waals surface area contributed by atoms with Gasteiger partial charge in [0.25, 0.3) is 5.91 Å². The van der Waals surface area contributed by atoms with Gasteiger partial charge in [-0.2, -0.15) is 0 Å². The maximum atomic E-state index is 12.0. The van der Waals surface area contributed by atoms with Gasteiger partial charge in [-0.05, 0) is 37.1 Å². The third kappa shape index (κ3) is 5.64. The first kappa shape index (κ1) is 16.0. The third-order valence-electron chi connectivity index (χ3n) is 2.90. The number of halogens is 1. The number of ether oxygens (including phenoxy) is 1. The standard InChI is InChI=1S/C15H22BrNO2/c1-3-5-10-19-14-8-6-12(7-9-14)15(18)17-13(4-2)11-16/h6-9,13H,3-5,10-11H2,1-2H3,(H,17,18). The lowest BCUT2D eigenvalue weighted by Crippen LogP contribution is -2.35. The number of hydrogen-bond acceptors (Lipinski definition) is 2. The monoisotopic (exact) mass is 327 g/mol. The number of unbranched alkanes of at least 4 members (excludes halogenated alkanes) is 1. The van der Waals surface area contributed by atoms with E-state index in [9.17, 15) is 4.79 Å². The van der Waals surface area contributed by atoms with Gasteiger partial charge in [-0.1, -0.05) is 36.2 Å². The molecule has 0 aliphatic carbocycles. The molecule has 0 heterocycles. The van der Waals surface area contributed by atoms with Gasteiger partial charge in [0, 0.05) is 16.9 Å². The van der Waals surface area contributed by atoms with Crippen molar-refractivity contribution >= 4 is 21.8 Å². The molecule has 1 amide bonds. The number of carbonyl (C=O) groups is 1. The van der Waals surface area contributed by atoms with Crippen LogP contribution in [-0.4, -0.2) is 23.9 Å². The Kier molecular flexibility index (Phi) is 7.56. The highest BCUT2D eigenvalue weighted by Gasteiger charge is 2.10. The molecule has 0 spiro atoms. The molecule has 3 nitrogen and oxygen atoms in total. The van der Waals surface area contributed by atoms with Crippen LogP contribution in [0.2, 0.25) is 0 Å². The second-order valence-electron chi connectivity index (χ2n) is 4.46. The molecule has 1 rings (SSSR count). The summed E-state index contributed by atoms with van der Waals surface area (Å²) in [5.41, 5.74) is 0.669. The molecule has 1 N–H and O–H groups in total. The van der Waals surface area contributed by atoms with Crippen LogP contribution in [0.1, 0.15) is 43.5 Å². The molecule has 0 saturated heterocycles. The fraction of sp³-hybridized carbons (Fsp3) is 0.533. The zero-order chi connectivity index (χ0) is 14.1. The highest BCUT2D eigenvalue weighted by Crippen LogP contribution is 2.13. The third-order valence-corrected chi connectivity index (χ3v) is 3.68. The summed E-state index contributed by atoms with van der Waals surface area (Å²) in [5.74, 6) is 0.781. The average Bonchev–Trinajstić information content (AvgIpc) is 2.45. The van der Waals surface area contributed by atoms with Crippen LogP contribution in [0.4, 0.5) is 0 Å². The summed E-state index contributed by atoms with van der Waals surface area (Å²) < 4.78 is 5.57. The summed E-state index contributed by atoms with van der Waals surface area (Å²) in [6.07, 6.45) is 3.08. The van der Waals surface area contributed by atoms with E-state index in [1.54, 1.807) is 12.1 Å². The van der Waals surface area contributed by atoms with Crippen molar-refractivity contribution < 1.29 is 9.53 Å². The van der Waals surface area contributed by atoms with Crippen LogP contribution in [0.3, 0.4) is 0 Å². The summed E-state index contributed by atoms with van der Waals surface area (Å²) >= 11 is 3.39. The zero-order valence-corrected chi connectivity index (χ0v) is 13.2. The number of alkyl halides is 1. The smallest absolute Gasteiger partial charge is 0.251 e. The van der Waals surface area contributed by atoms with Crippen LogP contribution in [0.25, 0.3) is 0 Å². The minimum absolute atomic E-state index is 0.0357. The molecule has 1 unspecified atom stereocenters. The lowest BCUT2D eigenvalue weighted by molar-refractivity contribution is 0.0940. The Hall–Kier alpha value is -1.03.